The number of thiophene rings is 1. The molecule has 0 saturated heterocycles. The van der Waals surface area contributed by atoms with E-state index in [1.807, 2.05) is 0 Å². The monoisotopic (exact) mass is 209 g/mol. The van der Waals surface area contributed by atoms with Gasteiger partial charge in [-0.1, -0.05) is 20.3 Å². The SMILES string of the molecule is CC1(C)CCCC1C(N)c1ccsc1. The van der Waals surface area contributed by atoms with Gasteiger partial charge in [-0.3, -0.25) is 0 Å². The summed E-state index contributed by atoms with van der Waals surface area (Å²) in [4.78, 5) is 0. The number of hydrogen-bond donors (Lipinski definition) is 1. The van der Waals surface area contributed by atoms with Crippen LogP contribution < -0.4 is 5.73 Å². The molecular formula is C12H19NS. The third-order valence-corrected chi connectivity index (χ3v) is 4.40. The number of rotatable bonds is 2. The minimum atomic E-state index is 0.249. The number of nitrogens with two attached hydrogens (primary N) is 1. The molecule has 1 nitrogen and oxygen atoms in total. The third-order valence-electron chi connectivity index (χ3n) is 3.70. The van der Waals surface area contributed by atoms with Gasteiger partial charge in [0.1, 0.15) is 0 Å². The van der Waals surface area contributed by atoms with Gasteiger partial charge in [-0.2, -0.15) is 11.3 Å². The van der Waals surface area contributed by atoms with Gasteiger partial charge in [-0.25, -0.2) is 0 Å². The Hall–Kier alpha value is -0.340. The highest BCUT2D eigenvalue weighted by molar-refractivity contribution is 7.07. The first-order valence-corrected chi connectivity index (χ1v) is 6.33. The predicted octanol–water partition coefficient (Wildman–Crippen LogP) is 3.57. The van der Waals surface area contributed by atoms with Crippen molar-refractivity contribution in [2.75, 3.05) is 0 Å². The maximum Gasteiger partial charge on any atom is 0.0336 e. The van der Waals surface area contributed by atoms with Crippen molar-refractivity contribution in [2.45, 2.75) is 39.2 Å². The smallest absolute Gasteiger partial charge is 0.0336 e. The fraction of sp³-hybridized carbons (Fsp3) is 0.667. The minimum Gasteiger partial charge on any atom is -0.324 e. The highest BCUT2D eigenvalue weighted by atomic mass is 32.1. The average molecular weight is 209 g/mol. The van der Waals surface area contributed by atoms with Crippen molar-refractivity contribution in [3.63, 3.8) is 0 Å². The normalized spacial score (nSPS) is 27.8. The molecular weight excluding hydrogens is 190 g/mol. The molecule has 2 unspecified atom stereocenters. The molecule has 1 aliphatic rings. The maximum atomic E-state index is 6.33. The van der Waals surface area contributed by atoms with E-state index in [2.05, 4.69) is 30.7 Å². The first-order chi connectivity index (χ1) is 6.61. The summed E-state index contributed by atoms with van der Waals surface area (Å²) in [5, 5.41) is 4.32. The fourth-order valence-corrected chi connectivity index (χ4v) is 3.42. The molecule has 0 bridgehead atoms. The van der Waals surface area contributed by atoms with E-state index in [0.717, 1.165) is 0 Å². The standard InChI is InChI=1S/C12H19NS/c1-12(2)6-3-4-10(12)11(13)9-5-7-14-8-9/h5,7-8,10-11H,3-4,6,13H2,1-2H3. The molecule has 0 aliphatic heterocycles. The lowest BCUT2D eigenvalue weighted by Gasteiger charge is -2.31. The first-order valence-electron chi connectivity index (χ1n) is 5.39. The van der Waals surface area contributed by atoms with Crippen LogP contribution in [-0.2, 0) is 0 Å². The quantitative estimate of drug-likeness (QED) is 0.791. The summed E-state index contributed by atoms with van der Waals surface area (Å²) in [5.41, 5.74) is 8.09. The maximum absolute atomic E-state index is 6.33. The van der Waals surface area contributed by atoms with Crippen LogP contribution in [0.1, 0.15) is 44.7 Å². The summed E-state index contributed by atoms with van der Waals surface area (Å²) < 4.78 is 0. The van der Waals surface area contributed by atoms with E-state index in [1.54, 1.807) is 11.3 Å². The van der Waals surface area contributed by atoms with Crippen LogP contribution in [0, 0.1) is 11.3 Å². The fourth-order valence-electron chi connectivity index (χ4n) is 2.72. The Morgan fingerprint density at radius 2 is 2.36 bits per heavy atom. The first kappa shape index (κ1) is 10.2. The van der Waals surface area contributed by atoms with Crippen LogP contribution in [0.15, 0.2) is 16.8 Å². The van der Waals surface area contributed by atoms with Crippen molar-refractivity contribution in [1.82, 2.24) is 0 Å². The van der Waals surface area contributed by atoms with Gasteiger partial charge in [-0.15, -0.1) is 0 Å². The average Bonchev–Trinajstić information content (AvgIpc) is 2.71. The Kier molecular flexibility index (Phi) is 2.67. The molecule has 1 fully saturated rings. The molecule has 1 aromatic rings. The molecule has 2 N–H and O–H groups in total. The zero-order valence-electron chi connectivity index (χ0n) is 8.99. The lowest BCUT2D eigenvalue weighted by molar-refractivity contribution is 0.222. The Morgan fingerprint density at radius 3 is 2.86 bits per heavy atom. The Bertz CT molecular complexity index is 289. The molecule has 0 amide bonds. The lowest BCUT2D eigenvalue weighted by atomic mass is 9.76. The van der Waals surface area contributed by atoms with Gasteiger partial charge in [0, 0.05) is 6.04 Å². The minimum absolute atomic E-state index is 0.249. The zero-order valence-corrected chi connectivity index (χ0v) is 9.81. The van der Waals surface area contributed by atoms with Gasteiger partial charge in [0.15, 0.2) is 0 Å². The summed E-state index contributed by atoms with van der Waals surface area (Å²) >= 11 is 1.75. The lowest BCUT2D eigenvalue weighted by Crippen LogP contribution is -2.29. The van der Waals surface area contributed by atoms with Crippen LogP contribution in [-0.4, -0.2) is 0 Å². The van der Waals surface area contributed by atoms with Crippen molar-refractivity contribution < 1.29 is 0 Å². The largest absolute Gasteiger partial charge is 0.324 e. The highest BCUT2D eigenvalue weighted by Crippen LogP contribution is 2.47. The van der Waals surface area contributed by atoms with Crippen molar-refractivity contribution in [3.8, 4) is 0 Å². The Morgan fingerprint density at radius 1 is 1.57 bits per heavy atom. The van der Waals surface area contributed by atoms with Crippen LogP contribution >= 0.6 is 11.3 Å². The van der Waals surface area contributed by atoms with Crippen molar-refractivity contribution >= 4 is 11.3 Å². The molecule has 1 aliphatic carbocycles. The van der Waals surface area contributed by atoms with E-state index >= 15 is 0 Å². The molecule has 1 saturated carbocycles. The topological polar surface area (TPSA) is 26.0 Å². The van der Waals surface area contributed by atoms with Crippen LogP contribution in [0.25, 0.3) is 0 Å². The Labute approximate surface area is 90.3 Å². The zero-order chi connectivity index (χ0) is 10.2. The van der Waals surface area contributed by atoms with E-state index in [1.165, 1.54) is 24.8 Å². The van der Waals surface area contributed by atoms with Crippen LogP contribution in [0.2, 0.25) is 0 Å². The van der Waals surface area contributed by atoms with Crippen molar-refractivity contribution in [1.29, 1.82) is 0 Å². The van der Waals surface area contributed by atoms with Gasteiger partial charge >= 0.3 is 0 Å². The van der Waals surface area contributed by atoms with Gasteiger partial charge in [0.2, 0.25) is 0 Å². The van der Waals surface area contributed by atoms with E-state index in [0.29, 0.717) is 11.3 Å². The Balaban J connectivity index is 2.16. The molecule has 0 spiro atoms. The van der Waals surface area contributed by atoms with Crippen LogP contribution in [0.5, 0.6) is 0 Å². The molecule has 2 heteroatoms. The summed E-state index contributed by atoms with van der Waals surface area (Å²) in [6.45, 7) is 4.72. The van der Waals surface area contributed by atoms with Gasteiger partial charge in [0.05, 0.1) is 0 Å². The molecule has 78 valence electrons. The van der Waals surface area contributed by atoms with Crippen molar-refractivity contribution in [3.05, 3.63) is 22.4 Å². The van der Waals surface area contributed by atoms with Crippen LogP contribution in [0.4, 0.5) is 0 Å². The molecule has 0 radical (unpaired) electrons. The van der Waals surface area contributed by atoms with Gasteiger partial charge < -0.3 is 5.73 Å². The second-order valence-corrected chi connectivity index (χ2v) is 5.85. The molecule has 0 aromatic carbocycles. The molecule has 14 heavy (non-hydrogen) atoms. The van der Waals surface area contributed by atoms with E-state index in [4.69, 9.17) is 5.73 Å². The molecule has 1 heterocycles. The predicted molar refractivity (Wildman–Crippen MR) is 62.4 cm³/mol. The summed E-state index contributed by atoms with van der Waals surface area (Å²) in [5.74, 6) is 0.664. The second kappa shape index (κ2) is 3.67. The highest BCUT2D eigenvalue weighted by Gasteiger charge is 2.38. The van der Waals surface area contributed by atoms with E-state index in [-0.39, 0.29) is 6.04 Å². The third kappa shape index (κ3) is 1.73. The van der Waals surface area contributed by atoms with Crippen molar-refractivity contribution in [2.24, 2.45) is 17.1 Å². The summed E-state index contributed by atoms with van der Waals surface area (Å²) in [7, 11) is 0. The number of hydrogen-bond acceptors (Lipinski definition) is 2. The second-order valence-electron chi connectivity index (χ2n) is 5.07. The van der Waals surface area contributed by atoms with Crippen LogP contribution in [0.3, 0.4) is 0 Å². The van der Waals surface area contributed by atoms with E-state index in [9.17, 15) is 0 Å². The summed E-state index contributed by atoms with van der Waals surface area (Å²) in [6.07, 6.45) is 3.97. The summed E-state index contributed by atoms with van der Waals surface area (Å²) in [6, 6.07) is 2.42. The van der Waals surface area contributed by atoms with E-state index < -0.39 is 0 Å². The molecule has 2 rings (SSSR count). The van der Waals surface area contributed by atoms with Gasteiger partial charge in [-0.05, 0) is 46.6 Å². The molecule has 2 atom stereocenters. The molecule has 1 aromatic heterocycles. The van der Waals surface area contributed by atoms with Gasteiger partial charge in [0.25, 0.3) is 0 Å².